The Bertz CT molecular complexity index is 1190. The summed E-state index contributed by atoms with van der Waals surface area (Å²) < 4.78 is 33.8. The van der Waals surface area contributed by atoms with Crippen molar-refractivity contribution in [2.45, 2.75) is 24.8 Å². The van der Waals surface area contributed by atoms with Gasteiger partial charge in [-0.1, -0.05) is 36.4 Å². The quantitative estimate of drug-likeness (QED) is 0.632. The third kappa shape index (κ3) is 4.56. The van der Waals surface area contributed by atoms with Gasteiger partial charge in [0, 0.05) is 13.1 Å². The molecule has 7 heteroatoms. The molecule has 0 aliphatic carbocycles. The second-order valence-electron chi connectivity index (χ2n) is 7.30. The zero-order chi connectivity index (χ0) is 21.8. The summed E-state index contributed by atoms with van der Waals surface area (Å²) in [6.07, 6.45) is 0.780. The van der Waals surface area contributed by atoms with Crippen LogP contribution in [0, 0.1) is 0 Å². The van der Waals surface area contributed by atoms with Gasteiger partial charge in [0.1, 0.15) is 5.75 Å². The van der Waals surface area contributed by atoms with Gasteiger partial charge in [-0.15, -0.1) is 0 Å². The van der Waals surface area contributed by atoms with E-state index in [0.29, 0.717) is 31.0 Å². The molecule has 31 heavy (non-hydrogen) atoms. The zero-order valence-corrected chi connectivity index (χ0v) is 18.1. The molecular weight excluding hydrogens is 412 g/mol. The van der Waals surface area contributed by atoms with Crippen molar-refractivity contribution in [3.05, 3.63) is 89.5 Å². The summed E-state index contributed by atoms with van der Waals surface area (Å²) in [6.45, 7) is 3.46. The number of ether oxygens (including phenoxy) is 1. The minimum absolute atomic E-state index is 0.102. The molecule has 0 saturated heterocycles. The smallest absolute Gasteiger partial charge is 0.261 e. The summed E-state index contributed by atoms with van der Waals surface area (Å²) in [4.78, 5) is 15.1. The summed E-state index contributed by atoms with van der Waals surface area (Å²) in [5.41, 5.74) is 2.96. The van der Waals surface area contributed by atoms with E-state index in [1.54, 1.807) is 41.3 Å². The predicted molar refractivity (Wildman–Crippen MR) is 120 cm³/mol. The third-order valence-electron chi connectivity index (χ3n) is 5.26. The number of para-hydroxylation sites is 1. The molecule has 3 aromatic carbocycles. The van der Waals surface area contributed by atoms with Gasteiger partial charge >= 0.3 is 0 Å². The van der Waals surface area contributed by atoms with Crippen molar-refractivity contribution >= 4 is 21.6 Å². The Balaban J connectivity index is 1.56. The number of hydrogen-bond acceptors (Lipinski definition) is 4. The van der Waals surface area contributed by atoms with E-state index in [2.05, 4.69) is 10.8 Å². The summed E-state index contributed by atoms with van der Waals surface area (Å²) in [7, 11) is -3.86. The first-order valence-corrected chi connectivity index (χ1v) is 11.7. The molecule has 6 nitrogen and oxygen atoms in total. The number of benzene rings is 3. The number of amides is 1. The van der Waals surface area contributed by atoms with Crippen LogP contribution in [0.2, 0.25) is 0 Å². The molecule has 1 amide bonds. The highest BCUT2D eigenvalue weighted by Crippen LogP contribution is 2.25. The minimum Gasteiger partial charge on any atom is -0.494 e. The Morgan fingerprint density at radius 2 is 1.65 bits per heavy atom. The Morgan fingerprint density at radius 3 is 2.39 bits per heavy atom. The van der Waals surface area contributed by atoms with Crippen LogP contribution < -0.4 is 9.46 Å². The van der Waals surface area contributed by atoms with Crippen LogP contribution in [-0.4, -0.2) is 32.4 Å². The fraction of sp³-hybridized carbons (Fsp3) is 0.208. The Morgan fingerprint density at radius 1 is 0.968 bits per heavy atom. The van der Waals surface area contributed by atoms with E-state index in [4.69, 9.17) is 4.74 Å². The van der Waals surface area contributed by atoms with Crippen LogP contribution in [0.25, 0.3) is 0 Å². The number of rotatable bonds is 6. The summed E-state index contributed by atoms with van der Waals surface area (Å²) in [5, 5.41) is 0. The number of carbonyl (C=O) groups is 1. The first-order chi connectivity index (χ1) is 15.0. The monoisotopic (exact) mass is 436 g/mol. The fourth-order valence-corrected chi connectivity index (χ4v) is 4.76. The maximum Gasteiger partial charge on any atom is 0.261 e. The number of fused-ring (bicyclic) bond motifs is 1. The van der Waals surface area contributed by atoms with Crippen LogP contribution in [0.1, 0.15) is 28.4 Å². The molecule has 0 atom stereocenters. The first-order valence-electron chi connectivity index (χ1n) is 10.2. The third-order valence-corrected chi connectivity index (χ3v) is 6.65. The Kier molecular flexibility index (Phi) is 5.95. The van der Waals surface area contributed by atoms with E-state index < -0.39 is 10.0 Å². The molecule has 0 unspecified atom stereocenters. The maximum atomic E-state index is 13.2. The molecule has 0 aromatic heterocycles. The van der Waals surface area contributed by atoms with Gasteiger partial charge in [-0.3, -0.25) is 9.52 Å². The highest BCUT2D eigenvalue weighted by Gasteiger charge is 2.25. The topological polar surface area (TPSA) is 75.7 Å². The average molecular weight is 437 g/mol. The second-order valence-corrected chi connectivity index (χ2v) is 8.98. The molecule has 0 fully saturated rings. The molecule has 0 spiro atoms. The Labute approximate surface area is 182 Å². The van der Waals surface area contributed by atoms with Crippen molar-refractivity contribution in [3.8, 4) is 5.75 Å². The number of sulfonamides is 1. The molecule has 0 bridgehead atoms. The van der Waals surface area contributed by atoms with Gasteiger partial charge in [-0.25, -0.2) is 8.42 Å². The SMILES string of the molecule is CCOc1ccc(S(=O)(=O)Nc2ccccc2C(=O)N2CCc3ccccc3C2)cc1. The summed E-state index contributed by atoms with van der Waals surface area (Å²) in [6, 6.07) is 21.0. The van der Waals surface area contributed by atoms with Crippen molar-refractivity contribution < 1.29 is 17.9 Å². The lowest BCUT2D eigenvalue weighted by Crippen LogP contribution is -2.36. The van der Waals surface area contributed by atoms with Gasteiger partial charge in [0.05, 0.1) is 22.8 Å². The van der Waals surface area contributed by atoms with Crippen LogP contribution in [-0.2, 0) is 23.0 Å². The van der Waals surface area contributed by atoms with Gasteiger partial charge < -0.3 is 9.64 Å². The molecule has 1 aliphatic heterocycles. The highest BCUT2D eigenvalue weighted by atomic mass is 32.2. The van der Waals surface area contributed by atoms with Crippen LogP contribution in [0.5, 0.6) is 5.75 Å². The van der Waals surface area contributed by atoms with Gasteiger partial charge in [0.15, 0.2) is 0 Å². The average Bonchev–Trinajstić information content (AvgIpc) is 2.79. The highest BCUT2D eigenvalue weighted by molar-refractivity contribution is 7.92. The number of nitrogens with zero attached hydrogens (tertiary/aromatic N) is 1. The van der Waals surface area contributed by atoms with Gasteiger partial charge in [0.25, 0.3) is 15.9 Å². The van der Waals surface area contributed by atoms with E-state index in [-0.39, 0.29) is 16.5 Å². The van der Waals surface area contributed by atoms with Crippen LogP contribution in [0.4, 0.5) is 5.69 Å². The predicted octanol–water partition coefficient (Wildman–Crippen LogP) is 4.08. The van der Waals surface area contributed by atoms with Crippen LogP contribution in [0.3, 0.4) is 0 Å². The Hall–Kier alpha value is -3.32. The van der Waals surface area contributed by atoms with Crippen molar-refractivity contribution in [1.29, 1.82) is 0 Å². The molecule has 160 valence electrons. The number of anilines is 1. The molecule has 4 rings (SSSR count). The molecule has 0 saturated carbocycles. The maximum absolute atomic E-state index is 13.2. The molecule has 3 aromatic rings. The second kappa shape index (κ2) is 8.81. The van der Waals surface area contributed by atoms with Gasteiger partial charge in [0.2, 0.25) is 0 Å². The first kappa shape index (κ1) is 20.9. The van der Waals surface area contributed by atoms with Crippen LogP contribution in [0.15, 0.2) is 77.7 Å². The van der Waals surface area contributed by atoms with Crippen LogP contribution >= 0.6 is 0 Å². The lowest BCUT2D eigenvalue weighted by Gasteiger charge is -2.29. The van der Waals surface area contributed by atoms with E-state index in [1.165, 1.54) is 17.7 Å². The normalized spacial score (nSPS) is 13.4. The minimum atomic E-state index is -3.86. The van der Waals surface area contributed by atoms with Gasteiger partial charge in [-0.05, 0) is 60.9 Å². The standard InChI is InChI=1S/C24H24N2O4S/c1-2-30-20-11-13-21(14-12-20)31(28,29)25-23-10-6-5-9-22(23)24(27)26-16-15-18-7-3-4-8-19(18)17-26/h3-14,25H,2,15-17H2,1H3. The summed E-state index contributed by atoms with van der Waals surface area (Å²) >= 11 is 0. The molecular formula is C24H24N2O4S. The van der Waals surface area contributed by atoms with E-state index in [1.807, 2.05) is 25.1 Å². The molecule has 0 radical (unpaired) electrons. The lowest BCUT2D eigenvalue weighted by atomic mass is 9.99. The van der Waals surface area contributed by atoms with E-state index in [0.717, 1.165) is 12.0 Å². The van der Waals surface area contributed by atoms with E-state index >= 15 is 0 Å². The van der Waals surface area contributed by atoms with E-state index in [9.17, 15) is 13.2 Å². The number of carbonyl (C=O) groups excluding carboxylic acids is 1. The largest absolute Gasteiger partial charge is 0.494 e. The number of nitrogens with one attached hydrogen (secondary N) is 1. The van der Waals surface area contributed by atoms with Crippen molar-refractivity contribution in [2.75, 3.05) is 17.9 Å². The van der Waals surface area contributed by atoms with Crippen molar-refractivity contribution in [2.24, 2.45) is 0 Å². The van der Waals surface area contributed by atoms with Crippen molar-refractivity contribution in [3.63, 3.8) is 0 Å². The molecule has 1 aliphatic rings. The zero-order valence-electron chi connectivity index (χ0n) is 17.2. The number of hydrogen-bond donors (Lipinski definition) is 1. The summed E-state index contributed by atoms with van der Waals surface area (Å²) in [5.74, 6) is 0.405. The molecule has 1 heterocycles. The van der Waals surface area contributed by atoms with Crippen molar-refractivity contribution in [1.82, 2.24) is 4.90 Å². The molecule has 1 N–H and O–H groups in total. The lowest BCUT2D eigenvalue weighted by molar-refractivity contribution is 0.0736. The van der Waals surface area contributed by atoms with Gasteiger partial charge in [-0.2, -0.15) is 0 Å². The fourth-order valence-electron chi connectivity index (χ4n) is 3.68.